The lowest BCUT2D eigenvalue weighted by Gasteiger charge is -2.28. The molecule has 1 aromatic heterocycles. The molecule has 1 saturated heterocycles. The number of carbonyl (C=O) groups excluding carboxylic acids is 1. The van der Waals surface area contributed by atoms with Crippen molar-refractivity contribution in [2.75, 3.05) is 13.2 Å². The second kappa shape index (κ2) is 7.04. The minimum absolute atomic E-state index is 0.235. The highest BCUT2D eigenvalue weighted by atomic mass is 16.6. The van der Waals surface area contributed by atoms with Crippen molar-refractivity contribution >= 4 is 17.1 Å². The molecule has 0 aliphatic carbocycles. The molecule has 6 heteroatoms. The zero-order chi connectivity index (χ0) is 18.0. The summed E-state index contributed by atoms with van der Waals surface area (Å²) in [6, 6.07) is 8.04. The Morgan fingerprint density at radius 3 is 2.84 bits per heavy atom. The van der Waals surface area contributed by atoms with E-state index < -0.39 is 11.7 Å². The summed E-state index contributed by atoms with van der Waals surface area (Å²) < 4.78 is 13.3. The Labute approximate surface area is 148 Å². The summed E-state index contributed by atoms with van der Waals surface area (Å²) in [5, 5.41) is 2.91. The Morgan fingerprint density at radius 1 is 1.40 bits per heavy atom. The van der Waals surface area contributed by atoms with Gasteiger partial charge in [0.2, 0.25) is 0 Å². The van der Waals surface area contributed by atoms with Crippen molar-refractivity contribution in [2.24, 2.45) is 0 Å². The number of carbonyl (C=O) groups is 1. The number of ether oxygens (including phenoxy) is 2. The van der Waals surface area contributed by atoms with Crippen molar-refractivity contribution in [2.45, 2.75) is 58.2 Å². The van der Waals surface area contributed by atoms with Crippen LogP contribution in [0.4, 0.5) is 4.79 Å². The minimum Gasteiger partial charge on any atom is -0.444 e. The molecule has 136 valence electrons. The number of hydrogen-bond acceptors (Lipinski definition) is 4. The molecule has 0 radical (unpaired) electrons. The Morgan fingerprint density at radius 2 is 2.16 bits per heavy atom. The molecule has 2 atom stereocenters. The van der Waals surface area contributed by atoms with Crippen molar-refractivity contribution in [1.29, 1.82) is 0 Å². The fourth-order valence-corrected chi connectivity index (χ4v) is 3.23. The first-order valence-electron chi connectivity index (χ1n) is 8.89. The third-order valence-corrected chi connectivity index (χ3v) is 4.25. The van der Waals surface area contributed by atoms with E-state index in [0.717, 1.165) is 36.3 Å². The maximum atomic E-state index is 12.2. The first-order valence-corrected chi connectivity index (χ1v) is 8.89. The van der Waals surface area contributed by atoms with Gasteiger partial charge in [0, 0.05) is 6.61 Å². The SMILES string of the molecule is CC(NC(=O)OC(C)(C)C)c1nc2ccccc2n1[C@H]1CCCOC1. The summed E-state index contributed by atoms with van der Waals surface area (Å²) in [6.45, 7) is 8.98. The zero-order valence-corrected chi connectivity index (χ0v) is 15.4. The smallest absolute Gasteiger partial charge is 0.408 e. The van der Waals surface area contributed by atoms with E-state index in [0.29, 0.717) is 6.61 Å². The first-order chi connectivity index (χ1) is 11.8. The molecule has 1 aliphatic heterocycles. The van der Waals surface area contributed by atoms with Crippen LogP contribution in [0.15, 0.2) is 24.3 Å². The number of imidazole rings is 1. The van der Waals surface area contributed by atoms with E-state index in [2.05, 4.69) is 16.0 Å². The Hall–Kier alpha value is -2.08. The molecule has 1 aromatic carbocycles. The van der Waals surface area contributed by atoms with E-state index >= 15 is 0 Å². The number of nitrogens with zero attached hydrogens (tertiary/aromatic N) is 2. The number of amides is 1. The topological polar surface area (TPSA) is 65.4 Å². The van der Waals surface area contributed by atoms with E-state index in [1.54, 1.807) is 0 Å². The van der Waals surface area contributed by atoms with Crippen LogP contribution >= 0.6 is 0 Å². The van der Waals surface area contributed by atoms with Crippen LogP contribution in [0.5, 0.6) is 0 Å². The molecule has 0 bridgehead atoms. The van der Waals surface area contributed by atoms with E-state index in [-0.39, 0.29) is 12.1 Å². The van der Waals surface area contributed by atoms with Gasteiger partial charge in [0.1, 0.15) is 11.4 Å². The Bertz CT molecular complexity index is 742. The highest BCUT2D eigenvalue weighted by Gasteiger charge is 2.26. The summed E-state index contributed by atoms with van der Waals surface area (Å²) in [5.41, 5.74) is 1.48. The van der Waals surface area contributed by atoms with Crippen LogP contribution in [0.25, 0.3) is 11.0 Å². The normalized spacial score (nSPS) is 19.6. The molecule has 1 amide bonds. The van der Waals surface area contributed by atoms with Crippen LogP contribution < -0.4 is 5.32 Å². The van der Waals surface area contributed by atoms with Crippen molar-refractivity contribution in [1.82, 2.24) is 14.9 Å². The van der Waals surface area contributed by atoms with Gasteiger partial charge in [-0.15, -0.1) is 0 Å². The fourth-order valence-electron chi connectivity index (χ4n) is 3.23. The molecule has 25 heavy (non-hydrogen) atoms. The molecular formula is C19H27N3O3. The first kappa shape index (κ1) is 17.7. The number of benzene rings is 1. The maximum absolute atomic E-state index is 12.2. The number of alkyl carbamates (subject to hydrolysis) is 1. The fraction of sp³-hybridized carbons (Fsp3) is 0.579. The molecule has 1 N–H and O–H groups in total. The van der Waals surface area contributed by atoms with Gasteiger partial charge < -0.3 is 19.4 Å². The van der Waals surface area contributed by atoms with Gasteiger partial charge in [-0.2, -0.15) is 0 Å². The Balaban J connectivity index is 1.90. The van der Waals surface area contributed by atoms with Gasteiger partial charge in [-0.25, -0.2) is 9.78 Å². The number of hydrogen-bond donors (Lipinski definition) is 1. The Kier molecular flexibility index (Phi) is 4.99. The minimum atomic E-state index is -0.527. The molecule has 1 unspecified atom stereocenters. The van der Waals surface area contributed by atoms with Crippen LogP contribution in [0.2, 0.25) is 0 Å². The third kappa shape index (κ3) is 4.12. The summed E-state index contributed by atoms with van der Waals surface area (Å²) in [4.78, 5) is 16.9. The van der Waals surface area contributed by atoms with Gasteiger partial charge in [0.15, 0.2) is 0 Å². The number of para-hydroxylation sites is 2. The summed E-state index contributed by atoms with van der Waals surface area (Å²) in [5.74, 6) is 0.836. The van der Waals surface area contributed by atoms with Crippen molar-refractivity contribution in [3.8, 4) is 0 Å². The number of nitrogens with one attached hydrogen (secondary N) is 1. The van der Waals surface area contributed by atoms with E-state index in [4.69, 9.17) is 14.5 Å². The predicted molar refractivity (Wildman–Crippen MR) is 96.6 cm³/mol. The quantitative estimate of drug-likeness (QED) is 0.914. The second-order valence-electron chi connectivity index (χ2n) is 7.57. The van der Waals surface area contributed by atoms with Gasteiger partial charge in [-0.3, -0.25) is 0 Å². The number of aromatic nitrogens is 2. The average molecular weight is 345 g/mol. The lowest BCUT2D eigenvalue weighted by molar-refractivity contribution is 0.0493. The average Bonchev–Trinajstić information content (AvgIpc) is 2.93. The van der Waals surface area contributed by atoms with E-state index in [1.807, 2.05) is 45.9 Å². The molecule has 0 saturated carbocycles. The van der Waals surface area contributed by atoms with Gasteiger partial charge >= 0.3 is 6.09 Å². The summed E-state index contributed by atoms with van der Waals surface area (Å²) in [6.07, 6.45) is 1.65. The van der Waals surface area contributed by atoms with Crippen LogP contribution in [-0.4, -0.2) is 34.5 Å². The largest absolute Gasteiger partial charge is 0.444 e. The lowest BCUT2D eigenvalue weighted by atomic mass is 10.1. The third-order valence-electron chi connectivity index (χ3n) is 4.25. The molecule has 2 heterocycles. The van der Waals surface area contributed by atoms with Crippen LogP contribution in [0.1, 0.15) is 58.4 Å². The summed E-state index contributed by atoms with van der Waals surface area (Å²) in [7, 11) is 0. The molecule has 1 fully saturated rings. The molecule has 2 aromatic rings. The van der Waals surface area contributed by atoms with Crippen LogP contribution in [0.3, 0.4) is 0 Å². The second-order valence-corrected chi connectivity index (χ2v) is 7.57. The number of rotatable bonds is 3. The molecular weight excluding hydrogens is 318 g/mol. The van der Waals surface area contributed by atoms with E-state index in [1.165, 1.54) is 0 Å². The van der Waals surface area contributed by atoms with Crippen LogP contribution in [0, 0.1) is 0 Å². The molecule has 6 nitrogen and oxygen atoms in total. The van der Waals surface area contributed by atoms with Gasteiger partial charge in [0.05, 0.1) is 29.7 Å². The number of fused-ring (bicyclic) bond motifs is 1. The highest BCUT2D eigenvalue weighted by molar-refractivity contribution is 5.76. The molecule has 1 aliphatic rings. The van der Waals surface area contributed by atoms with Gasteiger partial charge in [0.25, 0.3) is 0 Å². The van der Waals surface area contributed by atoms with Gasteiger partial charge in [-0.1, -0.05) is 12.1 Å². The summed E-state index contributed by atoms with van der Waals surface area (Å²) >= 11 is 0. The standard InChI is InChI=1S/C19H27N3O3/c1-13(20-18(23)25-19(2,3)4)17-21-15-9-5-6-10-16(15)22(17)14-8-7-11-24-12-14/h5-6,9-10,13-14H,7-8,11-12H2,1-4H3,(H,20,23)/t13?,14-/m0/s1. The predicted octanol–water partition coefficient (Wildman–Crippen LogP) is 3.97. The van der Waals surface area contributed by atoms with E-state index in [9.17, 15) is 4.79 Å². The molecule has 3 rings (SSSR count). The highest BCUT2D eigenvalue weighted by Crippen LogP contribution is 2.29. The zero-order valence-electron chi connectivity index (χ0n) is 15.4. The lowest BCUT2D eigenvalue weighted by Crippen LogP contribution is -2.35. The molecule has 0 spiro atoms. The monoisotopic (exact) mass is 345 g/mol. The van der Waals surface area contributed by atoms with Crippen molar-refractivity contribution in [3.05, 3.63) is 30.1 Å². The van der Waals surface area contributed by atoms with Crippen molar-refractivity contribution < 1.29 is 14.3 Å². The van der Waals surface area contributed by atoms with Gasteiger partial charge in [-0.05, 0) is 52.7 Å². The maximum Gasteiger partial charge on any atom is 0.408 e. The van der Waals surface area contributed by atoms with Crippen LogP contribution in [-0.2, 0) is 9.47 Å². The van der Waals surface area contributed by atoms with Crippen molar-refractivity contribution in [3.63, 3.8) is 0 Å².